The van der Waals surface area contributed by atoms with Gasteiger partial charge in [0.15, 0.2) is 0 Å². The van der Waals surface area contributed by atoms with Crippen LogP contribution in [0.2, 0.25) is 0 Å². The van der Waals surface area contributed by atoms with Crippen molar-refractivity contribution in [1.29, 1.82) is 0 Å². The van der Waals surface area contributed by atoms with Crippen LogP contribution in [0.1, 0.15) is 18.5 Å². The maximum absolute atomic E-state index is 12.9. The molecular weight excluding hydrogens is 227 g/mol. The van der Waals surface area contributed by atoms with Gasteiger partial charge in [0.1, 0.15) is 5.82 Å². The van der Waals surface area contributed by atoms with Crippen molar-refractivity contribution in [2.45, 2.75) is 13.0 Å². The molecule has 0 heterocycles. The van der Waals surface area contributed by atoms with Crippen LogP contribution in [-0.2, 0) is 0 Å². The van der Waals surface area contributed by atoms with E-state index in [4.69, 9.17) is 5.73 Å². The number of rotatable bonds is 3. The lowest BCUT2D eigenvalue weighted by atomic mass is 10.1. The van der Waals surface area contributed by atoms with E-state index in [2.05, 4.69) is 0 Å². The molecule has 0 aliphatic carbocycles. The summed E-state index contributed by atoms with van der Waals surface area (Å²) in [5.41, 5.74) is 8.91. The molecular formula is C15H17FN2. The SMILES string of the molecule is C[C@H](N)c1ccc(N(C)c2ccc(F)cc2)cc1. The fraction of sp³-hybridized carbons (Fsp3) is 0.200. The molecule has 2 aromatic rings. The van der Waals surface area contributed by atoms with E-state index in [1.807, 2.05) is 43.1 Å². The van der Waals surface area contributed by atoms with Crippen LogP contribution in [-0.4, -0.2) is 7.05 Å². The summed E-state index contributed by atoms with van der Waals surface area (Å²) in [5, 5.41) is 0. The first kappa shape index (κ1) is 12.6. The molecule has 0 spiro atoms. The van der Waals surface area contributed by atoms with Crippen molar-refractivity contribution in [1.82, 2.24) is 0 Å². The lowest BCUT2D eigenvalue weighted by molar-refractivity contribution is 0.628. The molecule has 0 amide bonds. The monoisotopic (exact) mass is 244 g/mol. The average Bonchev–Trinajstić information content (AvgIpc) is 2.39. The van der Waals surface area contributed by atoms with E-state index in [0.717, 1.165) is 16.9 Å². The molecule has 3 heteroatoms. The van der Waals surface area contributed by atoms with Gasteiger partial charge in [0, 0.05) is 24.5 Å². The highest BCUT2D eigenvalue weighted by Gasteiger charge is 2.05. The minimum Gasteiger partial charge on any atom is -0.345 e. The van der Waals surface area contributed by atoms with Gasteiger partial charge >= 0.3 is 0 Å². The van der Waals surface area contributed by atoms with Gasteiger partial charge in [-0.05, 0) is 48.9 Å². The first-order valence-electron chi connectivity index (χ1n) is 5.93. The Kier molecular flexibility index (Phi) is 3.63. The van der Waals surface area contributed by atoms with Crippen LogP contribution in [0, 0.1) is 5.82 Å². The Morgan fingerprint density at radius 2 is 1.39 bits per heavy atom. The number of nitrogens with two attached hydrogens (primary N) is 1. The van der Waals surface area contributed by atoms with Crippen molar-refractivity contribution >= 4 is 11.4 Å². The summed E-state index contributed by atoms with van der Waals surface area (Å²) in [6, 6.07) is 14.5. The minimum absolute atomic E-state index is 0.0372. The third-order valence-corrected chi connectivity index (χ3v) is 3.02. The zero-order chi connectivity index (χ0) is 13.1. The second-order valence-electron chi connectivity index (χ2n) is 4.42. The minimum atomic E-state index is -0.223. The molecule has 0 aliphatic rings. The van der Waals surface area contributed by atoms with Gasteiger partial charge in [-0.15, -0.1) is 0 Å². The van der Waals surface area contributed by atoms with E-state index in [1.54, 1.807) is 12.1 Å². The number of hydrogen-bond donors (Lipinski definition) is 1. The van der Waals surface area contributed by atoms with Crippen molar-refractivity contribution in [3.8, 4) is 0 Å². The molecule has 0 aromatic heterocycles. The first-order chi connectivity index (χ1) is 8.58. The van der Waals surface area contributed by atoms with E-state index in [0.29, 0.717) is 0 Å². The van der Waals surface area contributed by atoms with Crippen LogP contribution in [0.25, 0.3) is 0 Å². The zero-order valence-electron chi connectivity index (χ0n) is 10.6. The third kappa shape index (κ3) is 2.68. The predicted molar refractivity (Wildman–Crippen MR) is 73.5 cm³/mol. The molecule has 0 saturated heterocycles. The van der Waals surface area contributed by atoms with Crippen LogP contribution >= 0.6 is 0 Å². The number of anilines is 2. The standard InChI is InChI=1S/C15H17FN2/c1-11(17)12-3-7-14(8-4-12)18(2)15-9-5-13(16)6-10-15/h3-11H,17H2,1-2H3/t11-/m0/s1. The summed E-state index contributed by atoms with van der Waals surface area (Å²) in [7, 11) is 1.95. The lowest BCUT2D eigenvalue weighted by Gasteiger charge is -2.20. The second kappa shape index (κ2) is 5.19. The molecule has 0 radical (unpaired) electrons. The van der Waals surface area contributed by atoms with Crippen LogP contribution in [0.3, 0.4) is 0 Å². The fourth-order valence-electron chi connectivity index (χ4n) is 1.82. The molecule has 0 aliphatic heterocycles. The molecule has 0 bridgehead atoms. The normalized spacial score (nSPS) is 12.2. The van der Waals surface area contributed by atoms with Crippen molar-refractivity contribution < 1.29 is 4.39 Å². The molecule has 2 nitrogen and oxygen atoms in total. The Morgan fingerprint density at radius 3 is 1.83 bits per heavy atom. The number of benzene rings is 2. The topological polar surface area (TPSA) is 29.3 Å². The van der Waals surface area contributed by atoms with Crippen molar-refractivity contribution in [3.05, 3.63) is 59.9 Å². The highest BCUT2D eigenvalue weighted by molar-refractivity contribution is 5.62. The van der Waals surface area contributed by atoms with Crippen molar-refractivity contribution in [2.75, 3.05) is 11.9 Å². The number of halogens is 1. The fourth-order valence-corrected chi connectivity index (χ4v) is 1.82. The van der Waals surface area contributed by atoms with Gasteiger partial charge in [-0.25, -0.2) is 4.39 Å². The maximum atomic E-state index is 12.9. The molecule has 2 aromatic carbocycles. The Balaban J connectivity index is 2.23. The number of hydrogen-bond acceptors (Lipinski definition) is 2. The molecule has 2 N–H and O–H groups in total. The predicted octanol–water partition coefficient (Wildman–Crippen LogP) is 3.61. The first-order valence-corrected chi connectivity index (χ1v) is 5.93. The summed E-state index contributed by atoms with van der Waals surface area (Å²) < 4.78 is 12.9. The van der Waals surface area contributed by atoms with Gasteiger partial charge in [0.05, 0.1) is 0 Å². The van der Waals surface area contributed by atoms with Crippen LogP contribution in [0.15, 0.2) is 48.5 Å². The largest absolute Gasteiger partial charge is 0.345 e. The summed E-state index contributed by atoms with van der Waals surface area (Å²) in [5.74, 6) is -0.223. The van der Waals surface area contributed by atoms with Gasteiger partial charge in [0.2, 0.25) is 0 Å². The van der Waals surface area contributed by atoms with E-state index in [-0.39, 0.29) is 11.9 Å². The Hall–Kier alpha value is -1.87. The van der Waals surface area contributed by atoms with E-state index in [9.17, 15) is 4.39 Å². The van der Waals surface area contributed by atoms with Crippen LogP contribution in [0.5, 0.6) is 0 Å². The zero-order valence-corrected chi connectivity index (χ0v) is 10.6. The van der Waals surface area contributed by atoms with Crippen molar-refractivity contribution in [3.63, 3.8) is 0 Å². The molecule has 0 fully saturated rings. The summed E-state index contributed by atoms with van der Waals surface area (Å²) in [6.07, 6.45) is 0. The van der Waals surface area contributed by atoms with Gasteiger partial charge in [-0.2, -0.15) is 0 Å². The average molecular weight is 244 g/mol. The van der Waals surface area contributed by atoms with Crippen molar-refractivity contribution in [2.24, 2.45) is 5.73 Å². The quantitative estimate of drug-likeness (QED) is 0.893. The maximum Gasteiger partial charge on any atom is 0.123 e. The Morgan fingerprint density at radius 1 is 0.944 bits per heavy atom. The van der Waals surface area contributed by atoms with Gasteiger partial charge in [-0.1, -0.05) is 12.1 Å². The van der Waals surface area contributed by atoms with E-state index in [1.165, 1.54) is 12.1 Å². The summed E-state index contributed by atoms with van der Waals surface area (Å²) >= 11 is 0. The van der Waals surface area contributed by atoms with E-state index < -0.39 is 0 Å². The molecule has 18 heavy (non-hydrogen) atoms. The molecule has 0 saturated carbocycles. The molecule has 2 rings (SSSR count). The van der Waals surface area contributed by atoms with Gasteiger partial charge in [-0.3, -0.25) is 0 Å². The molecule has 94 valence electrons. The highest BCUT2D eigenvalue weighted by Crippen LogP contribution is 2.24. The van der Waals surface area contributed by atoms with Gasteiger partial charge < -0.3 is 10.6 Å². The lowest BCUT2D eigenvalue weighted by Crippen LogP contribution is -2.10. The van der Waals surface area contributed by atoms with Gasteiger partial charge in [0.25, 0.3) is 0 Å². The molecule has 1 atom stereocenters. The molecule has 0 unspecified atom stereocenters. The van der Waals surface area contributed by atoms with Crippen LogP contribution in [0.4, 0.5) is 15.8 Å². The third-order valence-electron chi connectivity index (χ3n) is 3.02. The van der Waals surface area contributed by atoms with E-state index >= 15 is 0 Å². The Bertz CT molecular complexity index is 503. The number of nitrogens with zero attached hydrogens (tertiary/aromatic N) is 1. The Labute approximate surface area is 107 Å². The summed E-state index contributed by atoms with van der Waals surface area (Å²) in [4.78, 5) is 2.00. The summed E-state index contributed by atoms with van der Waals surface area (Å²) in [6.45, 7) is 1.96. The van der Waals surface area contributed by atoms with Crippen LogP contribution < -0.4 is 10.6 Å². The second-order valence-corrected chi connectivity index (χ2v) is 4.42. The smallest absolute Gasteiger partial charge is 0.123 e. The highest BCUT2D eigenvalue weighted by atomic mass is 19.1.